The van der Waals surface area contributed by atoms with E-state index in [0.29, 0.717) is 4.90 Å². The van der Waals surface area contributed by atoms with Crippen molar-refractivity contribution in [1.82, 2.24) is 9.62 Å². The summed E-state index contributed by atoms with van der Waals surface area (Å²) in [5, 5.41) is 3.35. The van der Waals surface area contributed by atoms with E-state index in [-0.39, 0.29) is 24.5 Å². The van der Waals surface area contributed by atoms with E-state index in [4.69, 9.17) is 4.74 Å². The van der Waals surface area contributed by atoms with Crippen LogP contribution in [-0.2, 0) is 10.0 Å². The third-order valence-electron chi connectivity index (χ3n) is 4.84. The summed E-state index contributed by atoms with van der Waals surface area (Å²) in [6, 6.07) is 3.78. The molecule has 3 rings (SSSR count). The van der Waals surface area contributed by atoms with Crippen LogP contribution in [0.3, 0.4) is 0 Å². The summed E-state index contributed by atoms with van der Waals surface area (Å²) >= 11 is 0. The van der Waals surface area contributed by atoms with Crippen molar-refractivity contribution in [3.05, 3.63) is 23.3 Å². The van der Waals surface area contributed by atoms with Gasteiger partial charge in [-0.2, -0.15) is 4.31 Å². The van der Waals surface area contributed by atoms with Gasteiger partial charge in [-0.3, -0.25) is 0 Å². The van der Waals surface area contributed by atoms with Crippen LogP contribution in [0.1, 0.15) is 30.4 Å². The Morgan fingerprint density at radius 1 is 1.13 bits per heavy atom. The number of aryl methyl sites for hydroxylation is 2. The molecule has 1 aromatic carbocycles. The molecule has 1 N–H and O–H groups in total. The first-order chi connectivity index (χ1) is 10.4. The highest BCUT2D eigenvalue weighted by Crippen LogP contribution is 2.36. The van der Waals surface area contributed by atoms with Gasteiger partial charge in [0.2, 0.25) is 10.0 Å². The maximum atomic E-state index is 13.2. The van der Waals surface area contributed by atoms with Crippen LogP contribution in [0, 0.1) is 13.8 Å². The SMILES string of the molecule is COc1cc(C)c(S(=O)(=O)N2C3CCNCC2CC3)cc1C.Cl. The molecule has 2 saturated heterocycles. The molecule has 1 aromatic rings. The van der Waals surface area contributed by atoms with Crippen LogP contribution in [0.25, 0.3) is 0 Å². The topological polar surface area (TPSA) is 58.6 Å². The van der Waals surface area contributed by atoms with Crippen molar-refractivity contribution in [3.8, 4) is 5.75 Å². The minimum absolute atomic E-state index is 0. The van der Waals surface area contributed by atoms with Gasteiger partial charge < -0.3 is 10.1 Å². The lowest BCUT2D eigenvalue weighted by Crippen LogP contribution is -2.42. The van der Waals surface area contributed by atoms with Crippen LogP contribution in [0.2, 0.25) is 0 Å². The van der Waals surface area contributed by atoms with Crippen molar-refractivity contribution in [3.63, 3.8) is 0 Å². The Morgan fingerprint density at radius 2 is 1.83 bits per heavy atom. The molecular formula is C16H25ClN2O3S. The molecule has 23 heavy (non-hydrogen) atoms. The summed E-state index contributed by atoms with van der Waals surface area (Å²) in [4.78, 5) is 0.421. The Hall–Kier alpha value is -0.820. The van der Waals surface area contributed by atoms with Gasteiger partial charge in [0, 0.05) is 18.6 Å². The highest BCUT2D eigenvalue weighted by atomic mass is 35.5. The van der Waals surface area contributed by atoms with Gasteiger partial charge in [0.25, 0.3) is 0 Å². The van der Waals surface area contributed by atoms with E-state index in [1.165, 1.54) is 0 Å². The van der Waals surface area contributed by atoms with E-state index in [9.17, 15) is 8.42 Å². The minimum Gasteiger partial charge on any atom is -0.496 e. The summed E-state index contributed by atoms with van der Waals surface area (Å²) in [5.74, 6) is 0.733. The first-order valence-electron chi connectivity index (χ1n) is 7.84. The van der Waals surface area contributed by atoms with E-state index < -0.39 is 10.0 Å². The molecule has 0 aliphatic carbocycles. The third-order valence-corrected chi connectivity index (χ3v) is 6.98. The molecule has 0 radical (unpaired) electrons. The monoisotopic (exact) mass is 360 g/mol. The summed E-state index contributed by atoms with van der Waals surface area (Å²) < 4.78 is 33.5. The van der Waals surface area contributed by atoms with E-state index in [1.807, 2.05) is 19.9 Å². The second-order valence-corrected chi connectivity index (χ2v) is 8.11. The highest BCUT2D eigenvalue weighted by molar-refractivity contribution is 7.89. The number of nitrogens with one attached hydrogen (secondary N) is 1. The summed E-state index contributed by atoms with van der Waals surface area (Å²) in [6.45, 7) is 5.38. The van der Waals surface area contributed by atoms with Gasteiger partial charge in [-0.25, -0.2) is 8.42 Å². The largest absolute Gasteiger partial charge is 0.496 e. The smallest absolute Gasteiger partial charge is 0.243 e. The molecule has 0 amide bonds. The van der Waals surface area contributed by atoms with E-state index >= 15 is 0 Å². The lowest BCUT2D eigenvalue weighted by Gasteiger charge is -2.28. The van der Waals surface area contributed by atoms with Crippen molar-refractivity contribution in [1.29, 1.82) is 0 Å². The Balaban J connectivity index is 0.00000192. The molecule has 0 saturated carbocycles. The molecule has 2 heterocycles. The second kappa shape index (κ2) is 6.97. The fraction of sp³-hybridized carbons (Fsp3) is 0.625. The molecule has 2 aliphatic rings. The minimum atomic E-state index is -3.46. The number of methoxy groups -OCH3 is 1. The van der Waals surface area contributed by atoms with Gasteiger partial charge in [0.1, 0.15) is 5.75 Å². The molecular weight excluding hydrogens is 336 g/mol. The van der Waals surface area contributed by atoms with Crippen LogP contribution in [0.5, 0.6) is 5.75 Å². The Bertz CT molecular complexity index is 664. The zero-order valence-corrected chi connectivity index (χ0v) is 15.5. The first kappa shape index (κ1) is 18.5. The lowest BCUT2D eigenvalue weighted by molar-refractivity contribution is 0.334. The number of sulfonamides is 1. The molecule has 130 valence electrons. The maximum absolute atomic E-state index is 13.2. The van der Waals surface area contributed by atoms with Crippen LogP contribution in [0.15, 0.2) is 17.0 Å². The van der Waals surface area contributed by atoms with Crippen LogP contribution in [0.4, 0.5) is 0 Å². The molecule has 0 aromatic heterocycles. The van der Waals surface area contributed by atoms with E-state index in [1.54, 1.807) is 17.5 Å². The number of hydrogen-bond donors (Lipinski definition) is 1. The third kappa shape index (κ3) is 3.22. The molecule has 2 aliphatic heterocycles. The summed E-state index contributed by atoms with van der Waals surface area (Å²) in [7, 11) is -1.85. The van der Waals surface area contributed by atoms with Gasteiger partial charge in [-0.15, -0.1) is 12.4 Å². The first-order valence-corrected chi connectivity index (χ1v) is 9.28. The van der Waals surface area contributed by atoms with Crippen molar-refractivity contribution in [2.75, 3.05) is 20.2 Å². The maximum Gasteiger partial charge on any atom is 0.243 e. The standard InChI is InChI=1S/C16H24N2O3S.ClH/c1-11-9-16(12(2)8-15(11)21-3)22(19,20)18-13-4-5-14(18)10-17-7-6-13;/h8-9,13-14,17H,4-7,10H2,1-3H3;1H. The van der Waals surface area contributed by atoms with Crippen molar-refractivity contribution >= 4 is 22.4 Å². The fourth-order valence-corrected chi connectivity index (χ4v) is 5.90. The van der Waals surface area contributed by atoms with Gasteiger partial charge in [-0.1, -0.05) is 0 Å². The molecule has 0 spiro atoms. The molecule has 2 unspecified atom stereocenters. The number of fused-ring (bicyclic) bond motifs is 2. The predicted octanol–water partition coefficient (Wildman–Crippen LogP) is 2.25. The quantitative estimate of drug-likeness (QED) is 0.898. The number of ether oxygens (including phenoxy) is 1. The average Bonchev–Trinajstić information content (AvgIpc) is 2.74. The number of hydrogen-bond acceptors (Lipinski definition) is 4. The zero-order chi connectivity index (χ0) is 15.9. The predicted molar refractivity (Wildman–Crippen MR) is 93.0 cm³/mol. The number of halogens is 1. The molecule has 5 nitrogen and oxygen atoms in total. The van der Waals surface area contributed by atoms with E-state index in [0.717, 1.165) is 49.2 Å². The van der Waals surface area contributed by atoms with Crippen molar-refractivity contribution in [2.24, 2.45) is 0 Å². The normalized spacial score (nSPS) is 24.8. The van der Waals surface area contributed by atoms with Crippen LogP contribution >= 0.6 is 12.4 Å². The fourth-order valence-electron chi connectivity index (χ4n) is 3.71. The number of rotatable bonds is 3. The second-order valence-electron chi connectivity index (χ2n) is 6.30. The highest BCUT2D eigenvalue weighted by Gasteiger charge is 2.43. The zero-order valence-electron chi connectivity index (χ0n) is 13.8. The molecule has 2 atom stereocenters. The average molecular weight is 361 g/mol. The van der Waals surface area contributed by atoms with Gasteiger partial charge in [-0.05, 0) is 62.9 Å². The Labute approximate surface area is 144 Å². The molecule has 2 bridgehead atoms. The van der Waals surface area contributed by atoms with Crippen LogP contribution in [-0.4, -0.2) is 45.0 Å². The molecule has 7 heteroatoms. The number of benzene rings is 1. The van der Waals surface area contributed by atoms with Crippen molar-refractivity contribution < 1.29 is 13.2 Å². The van der Waals surface area contributed by atoms with Gasteiger partial charge >= 0.3 is 0 Å². The molecule has 2 fully saturated rings. The Kier molecular flexibility index (Phi) is 5.61. The van der Waals surface area contributed by atoms with E-state index in [2.05, 4.69) is 5.32 Å². The lowest BCUT2D eigenvalue weighted by atomic mass is 10.1. The Morgan fingerprint density at radius 3 is 2.52 bits per heavy atom. The van der Waals surface area contributed by atoms with Gasteiger partial charge in [0.15, 0.2) is 0 Å². The number of nitrogens with zero attached hydrogens (tertiary/aromatic N) is 1. The summed E-state index contributed by atoms with van der Waals surface area (Å²) in [5.41, 5.74) is 1.60. The van der Waals surface area contributed by atoms with Crippen LogP contribution < -0.4 is 10.1 Å². The van der Waals surface area contributed by atoms with Crippen molar-refractivity contribution in [2.45, 2.75) is 50.1 Å². The van der Waals surface area contributed by atoms with Gasteiger partial charge in [0.05, 0.1) is 12.0 Å². The summed E-state index contributed by atoms with van der Waals surface area (Å²) in [6.07, 6.45) is 2.81.